The second kappa shape index (κ2) is 6.60. The Morgan fingerprint density at radius 2 is 2.17 bits per heavy atom. The van der Waals surface area contributed by atoms with E-state index in [1.807, 2.05) is 11.9 Å². The monoisotopic (exact) mass is 330 g/mol. The molecule has 0 saturated carbocycles. The van der Waals surface area contributed by atoms with Crippen molar-refractivity contribution in [3.8, 4) is 0 Å². The average molecular weight is 330 g/mol. The molecule has 0 spiro atoms. The highest BCUT2D eigenvalue weighted by molar-refractivity contribution is 5.97. The lowest BCUT2D eigenvalue weighted by Gasteiger charge is -2.32. The van der Waals surface area contributed by atoms with Crippen LogP contribution >= 0.6 is 0 Å². The Morgan fingerprint density at radius 3 is 2.88 bits per heavy atom. The van der Waals surface area contributed by atoms with E-state index in [1.54, 1.807) is 25.1 Å². The van der Waals surface area contributed by atoms with Gasteiger partial charge >= 0.3 is 5.69 Å². The van der Waals surface area contributed by atoms with Gasteiger partial charge in [-0.1, -0.05) is 0 Å². The van der Waals surface area contributed by atoms with Crippen molar-refractivity contribution in [2.75, 3.05) is 20.1 Å². The third-order valence-corrected chi connectivity index (χ3v) is 4.66. The van der Waals surface area contributed by atoms with Gasteiger partial charge in [0.05, 0.1) is 10.9 Å². The van der Waals surface area contributed by atoms with E-state index in [9.17, 15) is 14.4 Å². The van der Waals surface area contributed by atoms with Crippen molar-refractivity contribution in [2.45, 2.75) is 32.4 Å². The zero-order valence-corrected chi connectivity index (χ0v) is 14.0. The third kappa shape index (κ3) is 2.87. The van der Waals surface area contributed by atoms with Gasteiger partial charge in [0.15, 0.2) is 0 Å². The summed E-state index contributed by atoms with van der Waals surface area (Å²) in [5, 5.41) is 3.63. The average Bonchev–Trinajstić information content (AvgIpc) is 2.61. The number of carbonyl (C=O) groups is 1. The molecule has 2 N–H and O–H groups in total. The molecule has 2 heterocycles. The first-order valence-corrected chi connectivity index (χ1v) is 8.28. The Hall–Kier alpha value is -2.41. The van der Waals surface area contributed by atoms with Crippen molar-refractivity contribution in [1.29, 1.82) is 0 Å². The maximum Gasteiger partial charge on any atom is 0.328 e. The molecule has 7 nitrogen and oxygen atoms in total. The summed E-state index contributed by atoms with van der Waals surface area (Å²) in [6, 6.07) is 5.18. The summed E-state index contributed by atoms with van der Waals surface area (Å²) in [5.41, 5.74) is 0.113. The van der Waals surface area contributed by atoms with E-state index < -0.39 is 5.69 Å². The molecule has 128 valence electrons. The lowest BCUT2D eigenvalue weighted by molar-refractivity contribution is 0.0698. The number of piperidine rings is 1. The van der Waals surface area contributed by atoms with Crippen molar-refractivity contribution >= 4 is 16.8 Å². The van der Waals surface area contributed by atoms with Crippen LogP contribution < -0.4 is 16.6 Å². The van der Waals surface area contributed by atoms with Crippen LogP contribution in [0.5, 0.6) is 0 Å². The fraction of sp³-hybridized carbons (Fsp3) is 0.471. The molecule has 1 amide bonds. The van der Waals surface area contributed by atoms with Crippen molar-refractivity contribution in [1.82, 2.24) is 19.8 Å². The van der Waals surface area contributed by atoms with Gasteiger partial charge in [0.25, 0.3) is 11.5 Å². The number of fused-ring (bicyclic) bond motifs is 1. The normalized spacial score (nSPS) is 18.1. The van der Waals surface area contributed by atoms with Gasteiger partial charge in [-0.25, -0.2) is 4.79 Å². The summed E-state index contributed by atoms with van der Waals surface area (Å²) in [7, 11) is 1.90. The van der Waals surface area contributed by atoms with E-state index in [2.05, 4.69) is 10.3 Å². The summed E-state index contributed by atoms with van der Waals surface area (Å²) in [6.45, 7) is 3.45. The van der Waals surface area contributed by atoms with Gasteiger partial charge in [-0.15, -0.1) is 0 Å². The van der Waals surface area contributed by atoms with Crippen LogP contribution in [-0.4, -0.2) is 46.5 Å². The molecular formula is C17H22N4O3. The molecule has 1 unspecified atom stereocenters. The van der Waals surface area contributed by atoms with E-state index in [4.69, 9.17) is 0 Å². The minimum absolute atomic E-state index is 0.0719. The van der Waals surface area contributed by atoms with E-state index in [0.717, 1.165) is 24.0 Å². The number of benzene rings is 1. The van der Waals surface area contributed by atoms with Crippen LogP contribution in [-0.2, 0) is 6.54 Å². The largest absolute Gasteiger partial charge is 0.337 e. The number of likely N-dealkylation sites (N-methyl/N-ethyl adjacent to an activating group) is 1. The molecule has 1 saturated heterocycles. The first kappa shape index (κ1) is 16.4. The van der Waals surface area contributed by atoms with Crippen LogP contribution in [0.4, 0.5) is 0 Å². The van der Waals surface area contributed by atoms with Gasteiger partial charge in [0.2, 0.25) is 0 Å². The topological polar surface area (TPSA) is 87.2 Å². The number of likely N-dealkylation sites (tertiary alicyclic amines) is 1. The first-order chi connectivity index (χ1) is 11.5. The van der Waals surface area contributed by atoms with E-state index in [1.165, 1.54) is 0 Å². The number of rotatable bonds is 3. The smallest absolute Gasteiger partial charge is 0.328 e. The Bertz CT molecular complexity index is 884. The molecule has 0 radical (unpaired) electrons. The fourth-order valence-corrected chi connectivity index (χ4v) is 3.25. The number of aromatic nitrogens is 2. The standard InChI is InChI=1S/C17H22N4O3/c1-3-21-16(23)13-7-6-11(9-14(13)19-17(21)24)15(22)20-8-4-5-12(10-20)18-2/h6-7,9,12,18H,3-5,8,10H2,1-2H3,(H,19,24). The number of aromatic amines is 1. The predicted molar refractivity (Wildman–Crippen MR) is 92.5 cm³/mol. The minimum atomic E-state index is -0.451. The molecule has 1 fully saturated rings. The summed E-state index contributed by atoms with van der Waals surface area (Å²) < 4.78 is 1.14. The molecule has 1 atom stereocenters. The van der Waals surface area contributed by atoms with Crippen LogP contribution in [0.25, 0.3) is 10.9 Å². The molecule has 1 aliphatic rings. The molecule has 1 aromatic carbocycles. The molecule has 2 aromatic rings. The number of amides is 1. The predicted octanol–water partition coefficient (Wildman–Crippen LogP) is 0.534. The number of hydrogen-bond acceptors (Lipinski definition) is 4. The second-order valence-electron chi connectivity index (χ2n) is 6.12. The molecule has 24 heavy (non-hydrogen) atoms. The number of nitrogens with one attached hydrogen (secondary N) is 2. The van der Waals surface area contributed by atoms with Gasteiger partial charge in [-0.3, -0.25) is 14.2 Å². The number of hydrogen-bond donors (Lipinski definition) is 2. The molecule has 1 aromatic heterocycles. The van der Waals surface area contributed by atoms with Gasteiger partial charge in [0.1, 0.15) is 0 Å². The Labute approximate surface area is 139 Å². The number of H-pyrrole nitrogens is 1. The highest BCUT2D eigenvalue weighted by atomic mass is 16.2. The van der Waals surface area contributed by atoms with Gasteiger partial charge in [-0.05, 0) is 45.0 Å². The molecule has 3 rings (SSSR count). The lowest BCUT2D eigenvalue weighted by Crippen LogP contribution is -2.47. The van der Waals surface area contributed by atoms with E-state index in [0.29, 0.717) is 35.6 Å². The minimum Gasteiger partial charge on any atom is -0.337 e. The Kier molecular flexibility index (Phi) is 4.53. The van der Waals surface area contributed by atoms with Gasteiger partial charge < -0.3 is 15.2 Å². The molecular weight excluding hydrogens is 308 g/mol. The maximum atomic E-state index is 12.7. The molecule has 1 aliphatic heterocycles. The van der Waals surface area contributed by atoms with Gasteiger partial charge in [-0.2, -0.15) is 0 Å². The quantitative estimate of drug-likeness (QED) is 0.860. The third-order valence-electron chi connectivity index (χ3n) is 4.66. The Morgan fingerprint density at radius 1 is 1.38 bits per heavy atom. The van der Waals surface area contributed by atoms with Crippen LogP contribution in [0.3, 0.4) is 0 Å². The van der Waals surface area contributed by atoms with Crippen LogP contribution in [0, 0.1) is 0 Å². The molecule has 0 bridgehead atoms. The first-order valence-electron chi connectivity index (χ1n) is 8.28. The van der Waals surface area contributed by atoms with E-state index >= 15 is 0 Å². The lowest BCUT2D eigenvalue weighted by atomic mass is 10.0. The second-order valence-corrected chi connectivity index (χ2v) is 6.12. The zero-order valence-electron chi connectivity index (χ0n) is 14.0. The van der Waals surface area contributed by atoms with Crippen molar-refractivity contribution < 1.29 is 4.79 Å². The summed E-state index contributed by atoms with van der Waals surface area (Å²) in [4.78, 5) is 41.5. The number of nitrogens with zero attached hydrogens (tertiary/aromatic N) is 2. The summed E-state index contributed by atoms with van der Waals surface area (Å²) in [6.07, 6.45) is 2.02. The van der Waals surface area contributed by atoms with E-state index in [-0.39, 0.29) is 11.5 Å². The van der Waals surface area contributed by atoms with Crippen molar-refractivity contribution in [3.05, 3.63) is 44.6 Å². The van der Waals surface area contributed by atoms with Crippen LogP contribution in [0.2, 0.25) is 0 Å². The van der Waals surface area contributed by atoms with Crippen molar-refractivity contribution in [3.63, 3.8) is 0 Å². The van der Waals surface area contributed by atoms with Gasteiger partial charge in [0, 0.05) is 31.2 Å². The Balaban J connectivity index is 1.97. The zero-order chi connectivity index (χ0) is 17.3. The van der Waals surface area contributed by atoms with Crippen LogP contribution in [0.15, 0.2) is 27.8 Å². The fourth-order valence-electron chi connectivity index (χ4n) is 3.25. The highest BCUT2D eigenvalue weighted by Gasteiger charge is 2.23. The van der Waals surface area contributed by atoms with Crippen molar-refractivity contribution in [2.24, 2.45) is 0 Å². The SMILES string of the molecule is CCn1c(=O)[nH]c2cc(C(=O)N3CCCC(NC)C3)ccc2c1=O. The molecule has 7 heteroatoms. The van der Waals surface area contributed by atoms with Crippen LogP contribution in [0.1, 0.15) is 30.1 Å². The maximum absolute atomic E-state index is 12.7. The molecule has 0 aliphatic carbocycles. The summed E-state index contributed by atoms with van der Waals surface area (Å²) in [5.74, 6) is -0.0719. The highest BCUT2D eigenvalue weighted by Crippen LogP contribution is 2.16. The number of carbonyl (C=O) groups excluding carboxylic acids is 1. The summed E-state index contributed by atoms with van der Waals surface area (Å²) >= 11 is 0.